The van der Waals surface area contributed by atoms with Gasteiger partial charge in [-0.25, -0.2) is 8.42 Å². The Morgan fingerprint density at radius 1 is 0.854 bits per heavy atom. The second-order valence-electron chi connectivity index (χ2n) is 12.5. The maximum atomic E-state index is 14.6. The molecule has 0 aliphatic heterocycles. The molecular formula is C37H41Cl2N3O5S. The third kappa shape index (κ3) is 9.75. The molecule has 0 radical (unpaired) electrons. The first-order chi connectivity index (χ1) is 22.7. The minimum absolute atomic E-state index is 0.0251. The SMILES string of the molecule is CCOc1ccc(N(CC(=O)N(Cc2ccc(Cl)c(Cl)c2)C(Cc2ccccc2)C(=O)NC(C)(C)C)S(=O)(=O)c2ccc(C)cc2)cc1. The van der Waals surface area contributed by atoms with E-state index in [0.717, 1.165) is 15.4 Å². The minimum atomic E-state index is -4.24. The van der Waals surface area contributed by atoms with Gasteiger partial charge in [-0.2, -0.15) is 0 Å². The molecule has 0 fully saturated rings. The van der Waals surface area contributed by atoms with E-state index in [1.54, 1.807) is 54.6 Å². The largest absolute Gasteiger partial charge is 0.494 e. The first-order valence-corrected chi connectivity index (χ1v) is 17.8. The highest BCUT2D eigenvalue weighted by atomic mass is 35.5. The smallest absolute Gasteiger partial charge is 0.264 e. The number of nitrogens with zero attached hydrogens (tertiary/aromatic N) is 2. The number of hydrogen-bond acceptors (Lipinski definition) is 5. The fourth-order valence-electron chi connectivity index (χ4n) is 5.08. The van der Waals surface area contributed by atoms with Crippen LogP contribution in [0.3, 0.4) is 0 Å². The van der Waals surface area contributed by atoms with E-state index in [9.17, 15) is 18.0 Å². The number of hydrogen-bond donors (Lipinski definition) is 1. The number of amides is 2. The van der Waals surface area contributed by atoms with E-state index in [0.29, 0.717) is 28.0 Å². The van der Waals surface area contributed by atoms with Gasteiger partial charge in [0.2, 0.25) is 11.8 Å². The Morgan fingerprint density at radius 2 is 1.50 bits per heavy atom. The second-order valence-corrected chi connectivity index (χ2v) is 15.1. The van der Waals surface area contributed by atoms with Crippen molar-refractivity contribution < 1.29 is 22.7 Å². The monoisotopic (exact) mass is 709 g/mol. The number of sulfonamides is 1. The first-order valence-electron chi connectivity index (χ1n) is 15.6. The zero-order valence-corrected chi connectivity index (χ0v) is 30.1. The molecule has 8 nitrogen and oxygen atoms in total. The van der Waals surface area contributed by atoms with Crippen LogP contribution in [-0.2, 0) is 32.6 Å². The molecule has 0 spiro atoms. The lowest BCUT2D eigenvalue weighted by Gasteiger charge is -2.35. The highest BCUT2D eigenvalue weighted by Crippen LogP contribution is 2.28. The van der Waals surface area contributed by atoms with E-state index in [1.165, 1.54) is 17.0 Å². The molecule has 1 atom stereocenters. The summed E-state index contributed by atoms with van der Waals surface area (Å²) in [7, 11) is -4.24. The molecule has 11 heteroatoms. The number of nitrogens with one attached hydrogen (secondary N) is 1. The lowest BCUT2D eigenvalue weighted by atomic mass is 10.0. The standard InChI is InChI=1S/C37H41Cl2N3O5S/c1-6-47-30-17-15-29(16-18-30)42(48(45,46)31-19-12-26(2)13-20-31)25-35(43)41(24-28-14-21-32(38)33(39)22-28)34(36(44)40-37(3,4)5)23-27-10-8-7-9-11-27/h7-22,34H,6,23-25H2,1-5H3,(H,40,44). The van der Waals surface area contributed by atoms with Crippen molar-refractivity contribution in [2.24, 2.45) is 0 Å². The summed E-state index contributed by atoms with van der Waals surface area (Å²) in [6.45, 7) is 9.11. The molecule has 4 aromatic rings. The van der Waals surface area contributed by atoms with Crippen molar-refractivity contribution in [3.05, 3.63) is 124 Å². The summed E-state index contributed by atoms with van der Waals surface area (Å²) in [4.78, 5) is 30.1. The molecule has 0 bridgehead atoms. The third-order valence-corrected chi connectivity index (χ3v) is 9.96. The molecule has 48 heavy (non-hydrogen) atoms. The Balaban J connectivity index is 1.83. The maximum Gasteiger partial charge on any atom is 0.264 e. The topological polar surface area (TPSA) is 96.0 Å². The molecule has 0 aliphatic carbocycles. The Hall–Kier alpha value is -4.05. The minimum Gasteiger partial charge on any atom is -0.494 e. The normalized spacial score (nSPS) is 12.2. The Labute approximate surface area is 293 Å². The molecular weight excluding hydrogens is 669 g/mol. The van der Waals surface area contributed by atoms with Crippen LogP contribution >= 0.6 is 23.2 Å². The zero-order valence-electron chi connectivity index (χ0n) is 27.7. The summed E-state index contributed by atoms with van der Waals surface area (Å²) < 4.78 is 35.1. The molecule has 254 valence electrons. The lowest BCUT2D eigenvalue weighted by molar-refractivity contribution is -0.140. The van der Waals surface area contributed by atoms with Gasteiger partial charge in [-0.3, -0.25) is 13.9 Å². The number of rotatable bonds is 13. The fourth-order valence-corrected chi connectivity index (χ4v) is 6.82. The van der Waals surface area contributed by atoms with Crippen LogP contribution in [0.4, 0.5) is 5.69 Å². The van der Waals surface area contributed by atoms with E-state index in [1.807, 2.05) is 65.0 Å². The molecule has 1 unspecified atom stereocenters. The van der Waals surface area contributed by atoms with Crippen LogP contribution in [0.5, 0.6) is 5.75 Å². The van der Waals surface area contributed by atoms with Gasteiger partial charge < -0.3 is 15.0 Å². The number of aryl methyl sites for hydroxylation is 1. The van der Waals surface area contributed by atoms with Crippen LogP contribution < -0.4 is 14.4 Å². The lowest BCUT2D eigenvalue weighted by Crippen LogP contribution is -2.56. The number of halogens is 2. The first kappa shape index (κ1) is 36.8. The second kappa shape index (κ2) is 15.9. The Morgan fingerprint density at radius 3 is 2.08 bits per heavy atom. The summed E-state index contributed by atoms with van der Waals surface area (Å²) in [5.74, 6) is -0.410. The van der Waals surface area contributed by atoms with Crippen molar-refractivity contribution in [2.45, 2.75) is 64.1 Å². The predicted molar refractivity (Wildman–Crippen MR) is 192 cm³/mol. The average Bonchev–Trinajstić information content (AvgIpc) is 3.03. The van der Waals surface area contributed by atoms with Crippen molar-refractivity contribution >= 4 is 50.7 Å². The van der Waals surface area contributed by atoms with E-state index in [4.69, 9.17) is 27.9 Å². The summed E-state index contributed by atoms with van der Waals surface area (Å²) in [5.41, 5.74) is 2.00. The molecule has 0 saturated carbocycles. The third-order valence-electron chi connectivity index (χ3n) is 7.43. The van der Waals surface area contributed by atoms with Crippen molar-refractivity contribution in [2.75, 3.05) is 17.5 Å². The highest BCUT2D eigenvalue weighted by molar-refractivity contribution is 7.92. The molecule has 0 aliphatic rings. The van der Waals surface area contributed by atoms with Gasteiger partial charge in [-0.05, 0) is 94.3 Å². The number of ether oxygens (including phenoxy) is 1. The molecule has 0 heterocycles. The Kier molecular flexibility index (Phi) is 12.2. The zero-order chi connectivity index (χ0) is 35.1. The fraction of sp³-hybridized carbons (Fsp3) is 0.297. The Bertz CT molecular complexity index is 1810. The highest BCUT2D eigenvalue weighted by Gasteiger charge is 2.35. The van der Waals surface area contributed by atoms with Crippen LogP contribution in [-0.4, -0.2) is 49.9 Å². The number of benzene rings is 4. The van der Waals surface area contributed by atoms with Gasteiger partial charge in [0.1, 0.15) is 18.3 Å². The quantitative estimate of drug-likeness (QED) is 0.156. The molecule has 4 rings (SSSR count). The summed E-state index contributed by atoms with van der Waals surface area (Å²) >= 11 is 12.6. The van der Waals surface area contributed by atoms with Crippen molar-refractivity contribution in [3.8, 4) is 5.75 Å². The van der Waals surface area contributed by atoms with Gasteiger partial charge in [0, 0.05) is 18.5 Å². The van der Waals surface area contributed by atoms with Crippen molar-refractivity contribution in [1.29, 1.82) is 0 Å². The summed E-state index contributed by atoms with van der Waals surface area (Å²) in [6.07, 6.45) is 0.184. The average molecular weight is 711 g/mol. The molecule has 2 amide bonds. The van der Waals surface area contributed by atoms with E-state index >= 15 is 0 Å². The van der Waals surface area contributed by atoms with Gasteiger partial charge in [0.25, 0.3) is 10.0 Å². The van der Waals surface area contributed by atoms with Crippen LogP contribution in [0, 0.1) is 6.92 Å². The number of anilines is 1. The van der Waals surface area contributed by atoms with Crippen molar-refractivity contribution in [1.82, 2.24) is 10.2 Å². The summed E-state index contributed by atoms with van der Waals surface area (Å²) in [6, 6.07) is 26.3. The van der Waals surface area contributed by atoms with Crippen LogP contribution in [0.15, 0.2) is 102 Å². The number of carbonyl (C=O) groups excluding carboxylic acids is 2. The molecule has 0 aromatic heterocycles. The van der Waals surface area contributed by atoms with Gasteiger partial charge in [0.15, 0.2) is 0 Å². The molecule has 0 saturated heterocycles. The summed E-state index contributed by atoms with van der Waals surface area (Å²) in [5, 5.41) is 3.65. The van der Waals surface area contributed by atoms with Crippen LogP contribution in [0.2, 0.25) is 10.0 Å². The molecule has 4 aromatic carbocycles. The van der Waals surface area contributed by atoms with Gasteiger partial charge in [0.05, 0.1) is 27.2 Å². The van der Waals surface area contributed by atoms with E-state index in [-0.39, 0.29) is 29.5 Å². The van der Waals surface area contributed by atoms with Crippen molar-refractivity contribution in [3.63, 3.8) is 0 Å². The van der Waals surface area contributed by atoms with Gasteiger partial charge in [-0.1, -0.05) is 77.3 Å². The van der Waals surface area contributed by atoms with Gasteiger partial charge >= 0.3 is 0 Å². The number of carbonyl (C=O) groups is 2. The maximum absolute atomic E-state index is 14.6. The van der Waals surface area contributed by atoms with Crippen LogP contribution in [0.1, 0.15) is 44.4 Å². The van der Waals surface area contributed by atoms with E-state index < -0.39 is 34.1 Å². The van der Waals surface area contributed by atoms with Gasteiger partial charge in [-0.15, -0.1) is 0 Å². The molecule has 1 N–H and O–H groups in total. The van der Waals surface area contributed by atoms with Crippen LogP contribution in [0.25, 0.3) is 0 Å². The predicted octanol–water partition coefficient (Wildman–Crippen LogP) is 7.45. The van der Waals surface area contributed by atoms with E-state index in [2.05, 4.69) is 5.32 Å².